The predicted octanol–water partition coefficient (Wildman–Crippen LogP) is -15.6. The van der Waals surface area contributed by atoms with Crippen LogP contribution in [-0.4, -0.2) is 374 Å². The van der Waals surface area contributed by atoms with Crippen LogP contribution in [0.1, 0.15) is 0 Å². The molecule has 0 radical (unpaired) electrons. The maximum atomic E-state index is 11.7. The number of rotatable bonds is 19. The molecular formula is C42H72O35. The molecule has 7 aliphatic rings. The van der Waals surface area contributed by atoms with Crippen LogP contribution in [-0.2, 0) is 61.6 Å². The second-order valence-electron chi connectivity index (χ2n) is 19.5. The molecule has 7 aliphatic heterocycles. The van der Waals surface area contributed by atoms with Gasteiger partial charge in [0.1, 0.15) is 171 Å². The summed E-state index contributed by atoms with van der Waals surface area (Å²) in [7, 11) is 0. The zero-order chi connectivity index (χ0) is 56.5. The minimum atomic E-state index is -2.17. The first-order chi connectivity index (χ1) is 36.5. The van der Waals surface area contributed by atoms with Crippen molar-refractivity contribution in [1.82, 2.24) is 0 Å². The monoisotopic (exact) mass is 1140 g/mol. The topological polar surface area (TPSA) is 565 Å². The average Bonchev–Trinajstić information content (AvgIpc) is 3.42. The molecule has 77 heavy (non-hydrogen) atoms. The fourth-order valence-electron chi connectivity index (χ4n) is 9.70. The zero-order valence-electron chi connectivity index (χ0n) is 40.4. The summed E-state index contributed by atoms with van der Waals surface area (Å²) in [6.07, 6.45) is -64.5. The van der Waals surface area contributed by atoms with Crippen LogP contribution in [0.3, 0.4) is 0 Å². The normalized spacial score (nSPS) is 53.1. The van der Waals surface area contributed by atoms with Crippen LogP contribution < -0.4 is 0 Å². The fraction of sp³-hybridized carbons (Fsp3) is 1.00. The van der Waals surface area contributed by atoms with E-state index < -0.39 is 262 Å². The summed E-state index contributed by atoms with van der Waals surface area (Å²) in [5, 5.41) is 233. The lowest BCUT2D eigenvalue weighted by Crippen LogP contribution is -2.66. The van der Waals surface area contributed by atoms with Crippen LogP contribution in [0.4, 0.5) is 0 Å². The molecule has 7 heterocycles. The lowest BCUT2D eigenvalue weighted by molar-refractivity contribution is -0.384. The third-order valence-electron chi connectivity index (χ3n) is 14.4. The largest absolute Gasteiger partial charge is 0.394 e. The van der Waals surface area contributed by atoms with Crippen molar-refractivity contribution in [2.24, 2.45) is 0 Å². The first-order valence-corrected chi connectivity index (χ1v) is 24.5. The van der Waals surface area contributed by atoms with Crippen molar-refractivity contribution in [3.8, 4) is 0 Å². The van der Waals surface area contributed by atoms with Crippen molar-refractivity contribution in [2.75, 3.05) is 52.9 Å². The summed E-state index contributed by atoms with van der Waals surface area (Å²) < 4.78 is 73.5. The average molecular weight is 1140 g/mol. The highest BCUT2D eigenvalue weighted by molar-refractivity contribution is 4.99. The van der Waals surface area contributed by atoms with Gasteiger partial charge in [-0.25, -0.2) is 0 Å². The standard InChI is InChI=1S/C42H72O35/c43-1-10-17(49)24(56)29(61)38(68-10)75-34-23(55)16(8-67-41-35(27(59)20(52)13(4-46)71-41)76-39-30(62)25(57)18(50)11(2-44)69-39)73-37(32(34)64)66-7-15-22(54)33(9(48)6-65-15)74-42-36(28(60)21(53)14(5-47)72-42)77-40-31(63)26(58)19(51)12(3-45)70-40/h9-64H,1-8H2/t9-,10-,11-,12-,13-,14-,15-,16-,17-,18-,19-,20-,21-,22-,23-,24+,25+,26+,27+,28+,29+,30+,31+,32+,33-,34+,35+,36+,37+,38-,39-,40-,41+,42-/m1/s1. The molecule has 0 aromatic carbocycles. The Bertz CT molecular complexity index is 1780. The highest BCUT2D eigenvalue weighted by atomic mass is 16.8. The number of ether oxygens (including phenoxy) is 13. The first kappa shape index (κ1) is 63.2. The van der Waals surface area contributed by atoms with Crippen LogP contribution in [0.15, 0.2) is 0 Å². The van der Waals surface area contributed by atoms with Gasteiger partial charge in [0.25, 0.3) is 0 Å². The van der Waals surface area contributed by atoms with Crippen molar-refractivity contribution in [1.29, 1.82) is 0 Å². The van der Waals surface area contributed by atoms with Crippen molar-refractivity contribution < 1.29 is 174 Å². The molecule has 0 unspecified atom stereocenters. The van der Waals surface area contributed by atoms with E-state index in [1.807, 2.05) is 0 Å². The van der Waals surface area contributed by atoms with Gasteiger partial charge in [-0.05, 0) is 0 Å². The molecule has 0 spiro atoms. The van der Waals surface area contributed by atoms with Gasteiger partial charge < -0.3 is 174 Å². The molecule has 35 nitrogen and oxygen atoms in total. The van der Waals surface area contributed by atoms with E-state index in [2.05, 4.69) is 0 Å². The highest BCUT2D eigenvalue weighted by Gasteiger charge is 2.57. The molecule has 0 amide bonds. The molecule has 0 aromatic heterocycles. The summed E-state index contributed by atoms with van der Waals surface area (Å²) in [5.74, 6) is 0. The first-order valence-electron chi connectivity index (χ1n) is 24.5. The minimum absolute atomic E-state index is 0.662. The van der Waals surface area contributed by atoms with Gasteiger partial charge >= 0.3 is 0 Å². The molecule has 7 fully saturated rings. The minimum Gasteiger partial charge on any atom is -0.394 e. The summed E-state index contributed by atoms with van der Waals surface area (Å²) in [4.78, 5) is 0. The molecular weight excluding hydrogens is 1060 g/mol. The lowest BCUT2D eigenvalue weighted by atomic mass is 9.96. The van der Waals surface area contributed by atoms with E-state index in [9.17, 15) is 112 Å². The SMILES string of the molecule is OC[C@H]1O[C@H](O[C@@H]2[C@H](O)[C@@H](OC[C@H]3OC[C@@H](O)[C@@H](O[C@H]4O[C@H](CO)[C@@H](O)[C@H](O)[C@@H]4O[C@H]4O[C@H](CO)[C@@H](O)[C@H](O)[C@@H]4O)[C@@H]3O)O[C@H](CO[C@H]3O[C@H](CO)[C@@H](O)[C@H](O)[C@@H]3O[C@H]3O[C@H](CO)[C@@H](O)[C@H](O)[C@@H]3O)[C@H]2O)[C@@H](O)[C@@H](O)[C@@H]1O. The highest BCUT2D eigenvalue weighted by Crippen LogP contribution is 2.36. The van der Waals surface area contributed by atoms with Gasteiger partial charge in [0.05, 0.1) is 52.9 Å². The van der Waals surface area contributed by atoms with E-state index in [1.54, 1.807) is 0 Å². The Balaban J connectivity index is 1.09. The number of aliphatic hydroxyl groups excluding tert-OH is 22. The quantitative estimate of drug-likeness (QED) is 0.0571. The van der Waals surface area contributed by atoms with Crippen molar-refractivity contribution in [3.05, 3.63) is 0 Å². The third-order valence-corrected chi connectivity index (χ3v) is 14.4. The van der Waals surface area contributed by atoms with Gasteiger partial charge in [-0.3, -0.25) is 0 Å². The molecule has 0 aliphatic carbocycles. The predicted molar refractivity (Wildman–Crippen MR) is 231 cm³/mol. The third kappa shape index (κ3) is 13.4. The molecule has 0 aromatic rings. The van der Waals surface area contributed by atoms with Gasteiger partial charge in [-0.2, -0.15) is 0 Å². The molecule has 22 N–H and O–H groups in total. The fourth-order valence-corrected chi connectivity index (χ4v) is 9.70. The van der Waals surface area contributed by atoms with Gasteiger partial charge in [-0.1, -0.05) is 0 Å². The summed E-state index contributed by atoms with van der Waals surface area (Å²) in [6, 6.07) is 0. The van der Waals surface area contributed by atoms with Crippen molar-refractivity contribution in [2.45, 2.75) is 209 Å². The van der Waals surface area contributed by atoms with Crippen LogP contribution >= 0.6 is 0 Å². The van der Waals surface area contributed by atoms with E-state index in [4.69, 9.17) is 61.6 Å². The molecule has 34 atom stereocenters. The molecule has 7 rings (SSSR count). The Morgan fingerprint density at radius 1 is 0.260 bits per heavy atom. The maximum Gasteiger partial charge on any atom is 0.187 e. The van der Waals surface area contributed by atoms with Crippen LogP contribution in [0.5, 0.6) is 0 Å². The molecule has 35 heteroatoms. The van der Waals surface area contributed by atoms with Crippen LogP contribution in [0, 0.1) is 0 Å². The summed E-state index contributed by atoms with van der Waals surface area (Å²) in [6.45, 7) is -7.03. The van der Waals surface area contributed by atoms with E-state index in [0.717, 1.165) is 0 Å². The van der Waals surface area contributed by atoms with Crippen molar-refractivity contribution in [3.63, 3.8) is 0 Å². The second kappa shape index (κ2) is 27.3. The molecule has 0 bridgehead atoms. The van der Waals surface area contributed by atoms with Crippen LogP contribution in [0.2, 0.25) is 0 Å². The Labute approximate surface area is 435 Å². The van der Waals surface area contributed by atoms with E-state index in [-0.39, 0.29) is 0 Å². The van der Waals surface area contributed by atoms with Gasteiger partial charge in [0.15, 0.2) is 37.7 Å². The van der Waals surface area contributed by atoms with Gasteiger partial charge in [-0.15, -0.1) is 0 Å². The number of aliphatic hydroxyl groups is 22. The lowest BCUT2D eigenvalue weighted by Gasteiger charge is -2.48. The summed E-state index contributed by atoms with van der Waals surface area (Å²) in [5.41, 5.74) is 0. The Hall–Kier alpha value is -1.40. The Morgan fingerprint density at radius 2 is 0.571 bits per heavy atom. The number of hydrogen-bond acceptors (Lipinski definition) is 35. The molecule has 450 valence electrons. The Morgan fingerprint density at radius 3 is 1.00 bits per heavy atom. The maximum absolute atomic E-state index is 11.7. The molecule has 0 saturated carbocycles. The summed E-state index contributed by atoms with van der Waals surface area (Å²) >= 11 is 0. The second-order valence-corrected chi connectivity index (χ2v) is 19.5. The van der Waals surface area contributed by atoms with Crippen LogP contribution in [0.25, 0.3) is 0 Å². The van der Waals surface area contributed by atoms with E-state index in [1.165, 1.54) is 0 Å². The van der Waals surface area contributed by atoms with E-state index >= 15 is 0 Å². The molecule has 7 saturated heterocycles. The van der Waals surface area contributed by atoms with Crippen molar-refractivity contribution >= 4 is 0 Å². The van der Waals surface area contributed by atoms with Gasteiger partial charge in [0.2, 0.25) is 0 Å². The van der Waals surface area contributed by atoms with Gasteiger partial charge in [0, 0.05) is 0 Å². The smallest absolute Gasteiger partial charge is 0.187 e. The number of hydrogen-bond donors (Lipinski definition) is 22. The van der Waals surface area contributed by atoms with E-state index in [0.29, 0.717) is 0 Å². The Kier molecular flexibility index (Phi) is 22.4. The zero-order valence-corrected chi connectivity index (χ0v) is 40.4.